The summed E-state index contributed by atoms with van der Waals surface area (Å²) in [5.41, 5.74) is -0.0474. The highest BCUT2D eigenvalue weighted by Crippen LogP contribution is 1.89. The smallest absolute Gasteiger partial charge is 0.239 e. The van der Waals surface area contributed by atoms with Crippen molar-refractivity contribution in [2.24, 2.45) is 5.92 Å². The summed E-state index contributed by atoms with van der Waals surface area (Å²) in [6.07, 6.45) is 3.22. The first-order chi connectivity index (χ1) is 7.08. The second-order valence-electron chi connectivity index (χ2n) is 3.90. The van der Waals surface area contributed by atoms with Crippen molar-refractivity contribution in [3.05, 3.63) is 34.7 Å². The van der Waals surface area contributed by atoms with E-state index in [-0.39, 0.29) is 17.9 Å². The SMILES string of the molecule is CC(C)CNC(=O)Cn1ccc(=O)cc1. The zero-order valence-corrected chi connectivity index (χ0v) is 9.06. The van der Waals surface area contributed by atoms with Crippen LogP contribution in [0.15, 0.2) is 29.3 Å². The van der Waals surface area contributed by atoms with Crippen molar-refractivity contribution in [1.82, 2.24) is 9.88 Å². The van der Waals surface area contributed by atoms with Gasteiger partial charge in [-0.2, -0.15) is 0 Å². The predicted octanol–water partition coefficient (Wildman–Crippen LogP) is 0.620. The second-order valence-corrected chi connectivity index (χ2v) is 3.90. The fourth-order valence-electron chi connectivity index (χ4n) is 1.09. The Morgan fingerprint density at radius 1 is 1.40 bits per heavy atom. The van der Waals surface area contributed by atoms with E-state index in [0.29, 0.717) is 12.5 Å². The topological polar surface area (TPSA) is 51.1 Å². The summed E-state index contributed by atoms with van der Waals surface area (Å²) in [5.74, 6) is 0.412. The summed E-state index contributed by atoms with van der Waals surface area (Å²) in [6, 6.07) is 2.88. The van der Waals surface area contributed by atoms with Crippen LogP contribution in [0.1, 0.15) is 13.8 Å². The van der Waals surface area contributed by atoms with E-state index in [9.17, 15) is 9.59 Å². The van der Waals surface area contributed by atoms with Crippen molar-refractivity contribution in [2.75, 3.05) is 6.54 Å². The minimum absolute atomic E-state index is 0.0349. The first-order valence-corrected chi connectivity index (χ1v) is 5.00. The molecule has 0 spiro atoms. The van der Waals surface area contributed by atoms with Crippen LogP contribution in [0, 0.1) is 5.92 Å². The number of carbonyl (C=O) groups excluding carboxylic acids is 1. The maximum absolute atomic E-state index is 11.4. The Morgan fingerprint density at radius 3 is 2.53 bits per heavy atom. The minimum Gasteiger partial charge on any atom is -0.354 e. The third-order valence-electron chi connectivity index (χ3n) is 1.89. The number of hydrogen-bond donors (Lipinski definition) is 1. The predicted molar refractivity (Wildman–Crippen MR) is 58.5 cm³/mol. The number of nitrogens with zero attached hydrogens (tertiary/aromatic N) is 1. The Morgan fingerprint density at radius 2 is 2.00 bits per heavy atom. The van der Waals surface area contributed by atoms with E-state index in [2.05, 4.69) is 5.32 Å². The van der Waals surface area contributed by atoms with Crippen LogP contribution in [0.5, 0.6) is 0 Å². The molecule has 15 heavy (non-hydrogen) atoms. The first kappa shape index (κ1) is 11.5. The van der Waals surface area contributed by atoms with E-state index in [1.54, 1.807) is 17.0 Å². The average Bonchev–Trinajstić information content (AvgIpc) is 2.19. The summed E-state index contributed by atoms with van der Waals surface area (Å²) in [6.45, 7) is 5.02. The first-order valence-electron chi connectivity index (χ1n) is 5.00. The van der Waals surface area contributed by atoms with Crippen LogP contribution in [-0.2, 0) is 11.3 Å². The monoisotopic (exact) mass is 208 g/mol. The molecule has 1 aromatic heterocycles. The molecule has 1 rings (SSSR count). The van der Waals surface area contributed by atoms with Crippen LogP contribution >= 0.6 is 0 Å². The standard InChI is InChI=1S/C11H16N2O2/c1-9(2)7-12-11(15)8-13-5-3-10(14)4-6-13/h3-6,9H,7-8H2,1-2H3,(H,12,15). The van der Waals surface area contributed by atoms with Crippen molar-refractivity contribution in [3.8, 4) is 0 Å². The van der Waals surface area contributed by atoms with Crippen LogP contribution in [0.2, 0.25) is 0 Å². The lowest BCUT2D eigenvalue weighted by Gasteiger charge is -2.08. The van der Waals surface area contributed by atoms with E-state index in [0.717, 1.165) is 0 Å². The molecule has 0 saturated carbocycles. The molecular weight excluding hydrogens is 192 g/mol. The Hall–Kier alpha value is -1.58. The van der Waals surface area contributed by atoms with Crippen molar-refractivity contribution < 1.29 is 4.79 Å². The Labute approximate surface area is 88.9 Å². The van der Waals surface area contributed by atoms with E-state index >= 15 is 0 Å². The molecule has 0 aromatic carbocycles. The molecular formula is C11H16N2O2. The lowest BCUT2D eigenvalue weighted by molar-refractivity contribution is -0.121. The third-order valence-corrected chi connectivity index (χ3v) is 1.89. The zero-order valence-electron chi connectivity index (χ0n) is 9.06. The third kappa shape index (κ3) is 4.44. The lowest BCUT2D eigenvalue weighted by Crippen LogP contribution is -2.30. The molecule has 0 fully saturated rings. The molecule has 1 amide bonds. The molecule has 1 heterocycles. The molecule has 0 atom stereocenters. The summed E-state index contributed by atoms with van der Waals surface area (Å²) >= 11 is 0. The molecule has 0 aliphatic rings. The number of amides is 1. The van der Waals surface area contributed by atoms with Gasteiger partial charge in [0, 0.05) is 31.1 Å². The Bertz CT molecular complexity index is 362. The van der Waals surface area contributed by atoms with Crippen molar-refractivity contribution in [1.29, 1.82) is 0 Å². The largest absolute Gasteiger partial charge is 0.354 e. The van der Waals surface area contributed by atoms with E-state index in [1.807, 2.05) is 13.8 Å². The maximum atomic E-state index is 11.4. The molecule has 1 N–H and O–H groups in total. The van der Waals surface area contributed by atoms with Gasteiger partial charge in [-0.05, 0) is 5.92 Å². The number of aromatic nitrogens is 1. The van der Waals surface area contributed by atoms with Crippen LogP contribution in [0.3, 0.4) is 0 Å². The van der Waals surface area contributed by atoms with Crippen molar-refractivity contribution in [2.45, 2.75) is 20.4 Å². The van der Waals surface area contributed by atoms with Gasteiger partial charge in [-0.1, -0.05) is 13.8 Å². The van der Waals surface area contributed by atoms with E-state index in [4.69, 9.17) is 0 Å². The molecule has 0 bridgehead atoms. The van der Waals surface area contributed by atoms with Crippen LogP contribution in [0.4, 0.5) is 0 Å². The van der Waals surface area contributed by atoms with Gasteiger partial charge in [-0.3, -0.25) is 9.59 Å². The Kier molecular flexibility index (Phi) is 4.09. The highest BCUT2D eigenvalue weighted by molar-refractivity contribution is 5.75. The highest BCUT2D eigenvalue weighted by Gasteiger charge is 2.01. The molecule has 4 heteroatoms. The van der Waals surface area contributed by atoms with Gasteiger partial charge in [0.2, 0.25) is 5.91 Å². The van der Waals surface area contributed by atoms with E-state index < -0.39 is 0 Å². The van der Waals surface area contributed by atoms with E-state index in [1.165, 1.54) is 12.1 Å². The van der Waals surface area contributed by atoms with Gasteiger partial charge in [0.15, 0.2) is 5.43 Å². The molecule has 0 saturated heterocycles. The van der Waals surface area contributed by atoms with Crippen molar-refractivity contribution in [3.63, 3.8) is 0 Å². The highest BCUT2D eigenvalue weighted by atomic mass is 16.2. The summed E-state index contributed by atoms with van der Waals surface area (Å²) in [4.78, 5) is 22.2. The molecule has 0 aliphatic carbocycles. The number of hydrogen-bond acceptors (Lipinski definition) is 2. The molecule has 82 valence electrons. The van der Waals surface area contributed by atoms with Crippen molar-refractivity contribution >= 4 is 5.91 Å². The van der Waals surface area contributed by atoms with Crippen LogP contribution in [0.25, 0.3) is 0 Å². The molecule has 4 nitrogen and oxygen atoms in total. The summed E-state index contributed by atoms with van der Waals surface area (Å²) < 4.78 is 1.68. The number of nitrogens with one attached hydrogen (secondary N) is 1. The van der Waals surface area contributed by atoms with Gasteiger partial charge in [0.1, 0.15) is 6.54 Å². The van der Waals surface area contributed by atoms with Crippen LogP contribution < -0.4 is 10.7 Å². The van der Waals surface area contributed by atoms with Gasteiger partial charge in [-0.15, -0.1) is 0 Å². The van der Waals surface area contributed by atoms with Crippen LogP contribution in [-0.4, -0.2) is 17.0 Å². The number of pyridine rings is 1. The van der Waals surface area contributed by atoms with Gasteiger partial charge in [0.05, 0.1) is 0 Å². The normalized spacial score (nSPS) is 10.3. The average molecular weight is 208 g/mol. The van der Waals surface area contributed by atoms with Gasteiger partial charge >= 0.3 is 0 Å². The fraction of sp³-hybridized carbons (Fsp3) is 0.455. The summed E-state index contributed by atoms with van der Waals surface area (Å²) in [5, 5.41) is 2.81. The second kappa shape index (κ2) is 5.34. The maximum Gasteiger partial charge on any atom is 0.239 e. The molecule has 0 aliphatic heterocycles. The lowest BCUT2D eigenvalue weighted by atomic mass is 10.2. The zero-order chi connectivity index (χ0) is 11.3. The van der Waals surface area contributed by atoms with Gasteiger partial charge < -0.3 is 9.88 Å². The quantitative estimate of drug-likeness (QED) is 0.788. The molecule has 0 radical (unpaired) electrons. The Balaban J connectivity index is 2.44. The minimum atomic E-state index is -0.0474. The van der Waals surface area contributed by atoms with Gasteiger partial charge in [0.25, 0.3) is 0 Å². The molecule has 0 unspecified atom stereocenters. The number of rotatable bonds is 4. The fourth-order valence-corrected chi connectivity index (χ4v) is 1.09. The van der Waals surface area contributed by atoms with Gasteiger partial charge in [-0.25, -0.2) is 0 Å². The number of carbonyl (C=O) groups is 1. The summed E-state index contributed by atoms with van der Waals surface area (Å²) in [7, 11) is 0. The molecule has 1 aromatic rings.